The van der Waals surface area contributed by atoms with Gasteiger partial charge in [0.05, 0.1) is 11.8 Å². The highest BCUT2D eigenvalue weighted by Gasteiger charge is 2.25. The van der Waals surface area contributed by atoms with E-state index in [-0.39, 0.29) is 17.8 Å². The Balaban J connectivity index is 1.47. The maximum Gasteiger partial charge on any atom is 0.257 e. The number of anilines is 1. The molecule has 1 fully saturated rings. The van der Waals surface area contributed by atoms with Crippen LogP contribution in [0, 0.1) is 5.82 Å². The number of aromatic nitrogens is 3. The van der Waals surface area contributed by atoms with Crippen LogP contribution in [0.4, 0.5) is 10.2 Å². The number of benzene rings is 1. The van der Waals surface area contributed by atoms with E-state index in [9.17, 15) is 9.18 Å². The van der Waals surface area contributed by atoms with E-state index >= 15 is 0 Å². The molecule has 7 heteroatoms. The molecule has 1 aliphatic rings. The molecular weight excluding hydrogens is 369 g/mol. The summed E-state index contributed by atoms with van der Waals surface area (Å²) in [5, 5.41) is 4.27. The molecule has 1 saturated heterocycles. The van der Waals surface area contributed by atoms with Crippen LogP contribution >= 0.6 is 0 Å². The molecule has 0 aliphatic carbocycles. The lowest BCUT2D eigenvalue weighted by atomic mass is 10.1. The Morgan fingerprint density at radius 1 is 1.07 bits per heavy atom. The van der Waals surface area contributed by atoms with E-state index in [0.29, 0.717) is 31.7 Å². The molecule has 1 aliphatic heterocycles. The van der Waals surface area contributed by atoms with Crippen molar-refractivity contribution in [3.63, 3.8) is 0 Å². The quantitative estimate of drug-likeness (QED) is 0.679. The average Bonchev–Trinajstić information content (AvgIpc) is 3.25. The van der Waals surface area contributed by atoms with Crippen molar-refractivity contribution in [2.24, 2.45) is 0 Å². The van der Waals surface area contributed by atoms with Crippen LogP contribution in [0.2, 0.25) is 0 Å². The molecule has 3 heterocycles. The molecule has 4 rings (SSSR count). The van der Waals surface area contributed by atoms with Crippen molar-refractivity contribution in [2.45, 2.75) is 19.9 Å². The van der Waals surface area contributed by atoms with E-state index in [4.69, 9.17) is 0 Å². The Bertz CT molecular complexity index is 990. The Labute approximate surface area is 169 Å². The maximum absolute atomic E-state index is 13.3. The highest BCUT2D eigenvalue weighted by molar-refractivity contribution is 5.94. The zero-order valence-electron chi connectivity index (χ0n) is 16.6. The molecule has 0 radical (unpaired) electrons. The standard InChI is InChI=1S/C22H24FN5O/c1-16(2)28-15-18(14-25-28)22(29)27-12-10-26(11-13-27)21-20(4-3-9-24-21)17-5-7-19(23)8-6-17/h3-9,14-16H,10-13H2,1-2H3. The van der Waals surface area contributed by atoms with E-state index in [1.165, 1.54) is 12.1 Å². The molecule has 0 atom stereocenters. The summed E-state index contributed by atoms with van der Waals surface area (Å²) in [6.45, 7) is 6.68. The third-order valence-electron chi connectivity index (χ3n) is 5.19. The first kappa shape index (κ1) is 19.1. The monoisotopic (exact) mass is 393 g/mol. The number of hydrogen-bond acceptors (Lipinski definition) is 4. The summed E-state index contributed by atoms with van der Waals surface area (Å²) >= 11 is 0. The molecule has 0 bridgehead atoms. The van der Waals surface area contributed by atoms with Gasteiger partial charge in [-0.3, -0.25) is 9.48 Å². The highest BCUT2D eigenvalue weighted by atomic mass is 19.1. The summed E-state index contributed by atoms with van der Waals surface area (Å²) in [6.07, 6.45) is 5.21. The third kappa shape index (κ3) is 3.99. The van der Waals surface area contributed by atoms with Crippen molar-refractivity contribution in [2.75, 3.05) is 31.1 Å². The van der Waals surface area contributed by atoms with Crippen molar-refractivity contribution in [1.29, 1.82) is 0 Å². The smallest absolute Gasteiger partial charge is 0.257 e. The zero-order valence-corrected chi connectivity index (χ0v) is 16.6. The van der Waals surface area contributed by atoms with Gasteiger partial charge >= 0.3 is 0 Å². The van der Waals surface area contributed by atoms with Gasteiger partial charge in [-0.05, 0) is 43.7 Å². The van der Waals surface area contributed by atoms with Crippen molar-refractivity contribution in [3.8, 4) is 11.1 Å². The number of piperazine rings is 1. The molecule has 3 aromatic rings. The second kappa shape index (κ2) is 8.03. The number of carbonyl (C=O) groups excluding carboxylic acids is 1. The van der Waals surface area contributed by atoms with Crippen molar-refractivity contribution < 1.29 is 9.18 Å². The largest absolute Gasteiger partial charge is 0.353 e. The van der Waals surface area contributed by atoms with Gasteiger partial charge in [-0.1, -0.05) is 12.1 Å². The van der Waals surface area contributed by atoms with Crippen LogP contribution in [0.25, 0.3) is 11.1 Å². The first-order valence-corrected chi connectivity index (χ1v) is 9.82. The van der Waals surface area contributed by atoms with Crippen LogP contribution in [0.3, 0.4) is 0 Å². The third-order valence-corrected chi connectivity index (χ3v) is 5.19. The second-order valence-electron chi connectivity index (χ2n) is 7.46. The van der Waals surface area contributed by atoms with E-state index in [1.807, 2.05) is 37.1 Å². The van der Waals surface area contributed by atoms with Crippen LogP contribution in [-0.2, 0) is 0 Å². The molecule has 1 aromatic carbocycles. The summed E-state index contributed by atoms with van der Waals surface area (Å²) < 4.78 is 15.1. The van der Waals surface area contributed by atoms with Crippen LogP contribution in [-0.4, -0.2) is 51.8 Å². The number of amides is 1. The lowest BCUT2D eigenvalue weighted by Crippen LogP contribution is -2.49. The first-order valence-electron chi connectivity index (χ1n) is 9.82. The lowest BCUT2D eigenvalue weighted by molar-refractivity contribution is 0.0746. The van der Waals surface area contributed by atoms with Gasteiger partial charge in [0.1, 0.15) is 11.6 Å². The number of carbonyl (C=O) groups is 1. The summed E-state index contributed by atoms with van der Waals surface area (Å²) in [4.78, 5) is 21.4. The fourth-order valence-electron chi connectivity index (χ4n) is 3.54. The predicted molar refractivity (Wildman–Crippen MR) is 110 cm³/mol. The van der Waals surface area contributed by atoms with E-state index in [1.54, 1.807) is 29.2 Å². The summed E-state index contributed by atoms with van der Waals surface area (Å²) in [5.74, 6) is 0.613. The van der Waals surface area contributed by atoms with Crippen LogP contribution in [0.1, 0.15) is 30.2 Å². The second-order valence-corrected chi connectivity index (χ2v) is 7.46. The first-order chi connectivity index (χ1) is 14.0. The highest BCUT2D eigenvalue weighted by Crippen LogP contribution is 2.29. The lowest BCUT2D eigenvalue weighted by Gasteiger charge is -2.36. The number of halogens is 1. The Morgan fingerprint density at radius 3 is 2.45 bits per heavy atom. The summed E-state index contributed by atoms with van der Waals surface area (Å²) in [7, 11) is 0. The minimum absolute atomic E-state index is 0.0105. The summed E-state index contributed by atoms with van der Waals surface area (Å²) in [5.41, 5.74) is 2.51. The fourth-order valence-corrected chi connectivity index (χ4v) is 3.54. The molecule has 0 spiro atoms. The Kier molecular flexibility index (Phi) is 5.29. The number of pyridine rings is 1. The Hall–Kier alpha value is -3.22. The molecule has 0 N–H and O–H groups in total. The predicted octanol–water partition coefficient (Wildman–Crippen LogP) is 3.63. The van der Waals surface area contributed by atoms with Crippen LogP contribution in [0.5, 0.6) is 0 Å². The van der Waals surface area contributed by atoms with Crippen molar-refractivity contribution in [3.05, 3.63) is 66.4 Å². The van der Waals surface area contributed by atoms with Gasteiger partial charge < -0.3 is 9.80 Å². The molecule has 2 aromatic heterocycles. The van der Waals surface area contributed by atoms with Gasteiger partial charge in [0.2, 0.25) is 0 Å². The van der Waals surface area contributed by atoms with E-state index < -0.39 is 0 Å². The number of rotatable bonds is 4. The van der Waals surface area contributed by atoms with Gasteiger partial charge in [-0.25, -0.2) is 9.37 Å². The van der Waals surface area contributed by atoms with Crippen molar-refractivity contribution >= 4 is 11.7 Å². The number of hydrogen-bond donors (Lipinski definition) is 0. The molecule has 0 saturated carbocycles. The minimum atomic E-state index is -0.257. The number of nitrogens with zero attached hydrogens (tertiary/aromatic N) is 5. The van der Waals surface area contributed by atoms with Crippen LogP contribution < -0.4 is 4.90 Å². The molecular formula is C22H24FN5O. The van der Waals surface area contributed by atoms with E-state index in [2.05, 4.69) is 15.0 Å². The van der Waals surface area contributed by atoms with Crippen LogP contribution in [0.15, 0.2) is 55.0 Å². The van der Waals surface area contributed by atoms with Gasteiger partial charge in [-0.2, -0.15) is 5.10 Å². The van der Waals surface area contributed by atoms with Gasteiger partial charge in [0.25, 0.3) is 5.91 Å². The normalized spacial score (nSPS) is 14.5. The van der Waals surface area contributed by atoms with E-state index in [0.717, 1.165) is 16.9 Å². The fraction of sp³-hybridized carbons (Fsp3) is 0.318. The molecule has 0 unspecified atom stereocenters. The average molecular weight is 393 g/mol. The zero-order chi connectivity index (χ0) is 20.4. The minimum Gasteiger partial charge on any atom is -0.353 e. The maximum atomic E-state index is 13.3. The van der Waals surface area contributed by atoms with Crippen molar-refractivity contribution in [1.82, 2.24) is 19.7 Å². The van der Waals surface area contributed by atoms with Gasteiger partial charge in [0, 0.05) is 50.2 Å². The molecule has 6 nitrogen and oxygen atoms in total. The Morgan fingerprint density at radius 2 is 1.79 bits per heavy atom. The summed E-state index contributed by atoms with van der Waals surface area (Å²) in [6, 6.07) is 10.5. The van der Waals surface area contributed by atoms with Gasteiger partial charge in [-0.15, -0.1) is 0 Å². The van der Waals surface area contributed by atoms with Gasteiger partial charge in [0.15, 0.2) is 0 Å². The molecule has 1 amide bonds. The molecule has 29 heavy (non-hydrogen) atoms. The SMILES string of the molecule is CC(C)n1cc(C(=O)N2CCN(c3ncccc3-c3ccc(F)cc3)CC2)cn1. The topological polar surface area (TPSA) is 54.3 Å². The molecule has 150 valence electrons.